The van der Waals surface area contributed by atoms with Crippen LogP contribution in [0.1, 0.15) is 0 Å². The van der Waals surface area contributed by atoms with Crippen molar-refractivity contribution in [1.29, 1.82) is 0 Å². The van der Waals surface area contributed by atoms with Crippen molar-refractivity contribution in [1.82, 2.24) is 0 Å². The molecule has 0 N–H and O–H groups in total. The van der Waals surface area contributed by atoms with Crippen molar-refractivity contribution < 1.29 is 0 Å². The molecule has 1 heteroatoms. The highest BCUT2D eigenvalue weighted by atomic mass is 15.1. The van der Waals surface area contributed by atoms with E-state index in [9.17, 15) is 0 Å². The zero-order valence-corrected chi connectivity index (χ0v) is 37.9. The predicted octanol–water partition coefficient (Wildman–Crippen LogP) is 19.3. The fraction of sp³-hybridized carbons (Fsp3) is 0. The van der Waals surface area contributed by atoms with E-state index in [0.29, 0.717) is 0 Å². The average molecular weight is 876 g/mol. The molecule has 0 spiro atoms. The molecule has 0 fully saturated rings. The van der Waals surface area contributed by atoms with Crippen LogP contribution in [0.3, 0.4) is 0 Å². The van der Waals surface area contributed by atoms with Crippen LogP contribution in [0.5, 0.6) is 0 Å². The Morgan fingerprint density at radius 3 is 1.32 bits per heavy atom. The highest BCUT2D eigenvalue weighted by Gasteiger charge is 2.21. The van der Waals surface area contributed by atoms with Crippen LogP contribution < -0.4 is 4.90 Å². The third kappa shape index (κ3) is 7.03. The molecule has 69 heavy (non-hydrogen) atoms. The number of hydrogen-bond acceptors (Lipinski definition) is 1. The van der Waals surface area contributed by atoms with Gasteiger partial charge >= 0.3 is 0 Å². The first-order valence-electron chi connectivity index (χ1n) is 23.8. The zero-order valence-electron chi connectivity index (χ0n) is 37.9. The molecule has 0 unspecified atom stereocenters. The minimum Gasteiger partial charge on any atom is -0.310 e. The molecule has 322 valence electrons. The third-order valence-electron chi connectivity index (χ3n) is 14.1. The van der Waals surface area contributed by atoms with Crippen LogP contribution in [0.15, 0.2) is 273 Å². The molecule has 0 saturated carbocycles. The molecule has 0 atom stereocenters. The minimum absolute atomic E-state index is 1.09. The largest absolute Gasteiger partial charge is 0.310 e. The number of anilines is 3. The molecule has 13 aromatic carbocycles. The lowest BCUT2D eigenvalue weighted by atomic mass is 9.84. The maximum Gasteiger partial charge on any atom is 0.0540 e. The van der Waals surface area contributed by atoms with E-state index in [2.05, 4.69) is 278 Å². The van der Waals surface area contributed by atoms with Gasteiger partial charge in [0.2, 0.25) is 0 Å². The quantitative estimate of drug-likeness (QED) is 0.138. The average Bonchev–Trinajstić information content (AvgIpc) is 3.43. The summed E-state index contributed by atoms with van der Waals surface area (Å²) >= 11 is 0. The Bertz CT molecular complexity index is 4030. The van der Waals surface area contributed by atoms with Crippen molar-refractivity contribution in [2.75, 3.05) is 4.90 Å². The highest BCUT2D eigenvalue weighted by molar-refractivity contribution is 6.22. The highest BCUT2D eigenvalue weighted by Crippen LogP contribution is 2.47. The molecule has 0 aliphatic carbocycles. The van der Waals surface area contributed by atoms with E-state index in [0.717, 1.165) is 22.6 Å². The van der Waals surface area contributed by atoms with Crippen molar-refractivity contribution in [2.45, 2.75) is 0 Å². The monoisotopic (exact) mass is 875 g/mol. The smallest absolute Gasteiger partial charge is 0.0540 e. The van der Waals surface area contributed by atoms with Gasteiger partial charge in [-0.1, -0.05) is 237 Å². The summed E-state index contributed by atoms with van der Waals surface area (Å²) < 4.78 is 0. The van der Waals surface area contributed by atoms with Crippen LogP contribution >= 0.6 is 0 Å². The van der Waals surface area contributed by atoms with E-state index >= 15 is 0 Å². The van der Waals surface area contributed by atoms with Crippen LogP contribution in [0.4, 0.5) is 17.1 Å². The first-order valence-corrected chi connectivity index (χ1v) is 23.8. The summed E-state index contributed by atoms with van der Waals surface area (Å²) in [5, 5.41) is 12.5. The maximum absolute atomic E-state index is 2.42. The Hall–Kier alpha value is -9.04. The molecule has 0 aromatic heterocycles. The Kier molecular flexibility index (Phi) is 9.91. The van der Waals surface area contributed by atoms with Crippen molar-refractivity contribution in [3.8, 4) is 55.6 Å². The SMILES string of the molecule is c1ccc(-c2ccc(N(c3ccc(-c4ccc5c(c4)c(-c4ccccc4)c(-c4ccccc4)c4ccccc45)cc3)c3ccc(-c4cccc5c4ccc4ccccc45)cc3)c3ccccc23)cc1. The van der Waals surface area contributed by atoms with Crippen LogP contribution in [0.2, 0.25) is 0 Å². The molecule has 1 nitrogen and oxygen atoms in total. The third-order valence-corrected chi connectivity index (χ3v) is 14.1. The summed E-state index contributed by atoms with van der Waals surface area (Å²) in [5.41, 5.74) is 15.4. The summed E-state index contributed by atoms with van der Waals surface area (Å²) in [6.07, 6.45) is 0. The Morgan fingerprint density at radius 2 is 0.638 bits per heavy atom. The van der Waals surface area contributed by atoms with E-state index in [-0.39, 0.29) is 0 Å². The van der Waals surface area contributed by atoms with Crippen LogP contribution in [-0.2, 0) is 0 Å². The predicted molar refractivity (Wildman–Crippen MR) is 296 cm³/mol. The summed E-state index contributed by atoms with van der Waals surface area (Å²) in [5.74, 6) is 0. The lowest BCUT2D eigenvalue weighted by Gasteiger charge is -2.28. The number of rotatable bonds is 8. The molecule has 0 aliphatic heterocycles. The number of hydrogen-bond donors (Lipinski definition) is 0. The number of benzene rings is 13. The lowest BCUT2D eigenvalue weighted by molar-refractivity contribution is 1.30. The summed E-state index contributed by atoms with van der Waals surface area (Å²) in [7, 11) is 0. The first kappa shape index (κ1) is 40.3. The van der Waals surface area contributed by atoms with Crippen LogP contribution in [0.25, 0.3) is 109 Å². The second-order valence-electron chi connectivity index (χ2n) is 17.9. The van der Waals surface area contributed by atoms with E-state index in [1.807, 2.05) is 0 Å². The van der Waals surface area contributed by atoms with Gasteiger partial charge in [-0.2, -0.15) is 0 Å². The molecule has 0 bridgehead atoms. The molecule has 13 aromatic rings. The van der Waals surface area contributed by atoms with Crippen molar-refractivity contribution in [2.24, 2.45) is 0 Å². The Morgan fingerprint density at radius 1 is 0.203 bits per heavy atom. The first-order chi connectivity index (χ1) is 34.2. The summed E-state index contributed by atoms with van der Waals surface area (Å²) in [6, 6.07) is 100.0. The molecule has 0 heterocycles. The molecule has 0 radical (unpaired) electrons. The molecule has 0 saturated heterocycles. The fourth-order valence-corrected chi connectivity index (χ4v) is 10.8. The molecule has 13 rings (SSSR count). The Balaban J connectivity index is 0.961. The normalized spacial score (nSPS) is 11.5. The Labute approximate surface area is 402 Å². The lowest BCUT2D eigenvalue weighted by Crippen LogP contribution is -2.10. The van der Waals surface area contributed by atoms with Gasteiger partial charge in [-0.05, 0) is 141 Å². The molecule has 0 amide bonds. The molecular formula is C68H45N. The van der Waals surface area contributed by atoms with Crippen molar-refractivity contribution >= 4 is 70.9 Å². The minimum atomic E-state index is 1.09. The van der Waals surface area contributed by atoms with Gasteiger partial charge in [0.05, 0.1) is 5.69 Å². The van der Waals surface area contributed by atoms with Gasteiger partial charge in [0.1, 0.15) is 0 Å². The number of fused-ring (bicyclic) bond motifs is 7. The van der Waals surface area contributed by atoms with Gasteiger partial charge < -0.3 is 4.90 Å². The van der Waals surface area contributed by atoms with Gasteiger partial charge in [0.15, 0.2) is 0 Å². The fourth-order valence-electron chi connectivity index (χ4n) is 10.8. The van der Waals surface area contributed by atoms with Gasteiger partial charge in [-0.25, -0.2) is 0 Å². The number of nitrogens with zero attached hydrogens (tertiary/aromatic N) is 1. The maximum atomic E-state index is 2.42. The second kappa shape index (κ2) is 17.0. The zero-order chi connectivity index (χ0) is 45.7. The van der Waals surface area contributed by atoms with E-state index in [1.54, 1.807) is 0 Å². The standard InChI is InChI=1S/C68H45N/c1-4-17-47(18-5-1)57-43-44-66(63-27-14-12-25-59(57)63)69(54-39-33-49(34-40-54)56-29-16-30-58-55-24-11-10-19-48(55)35-41-61(56)58)53-37-31-46(32-38-53)52-36-42-62-60-26-13-15-28-64(60)67(50-20-6-2-7-21-50)68(65(62)45-52)51-22-8-3-9-23-51/h1-45H. The molecular weight excluding hydrogens is 831 g/mol. The van der Waals surface area contributed by atoms with Gasteiger partial charge in [-0.3, -0.25) is 0 Å². The van der Waals surface area contributed by atoms with Crippen molar-refractivity contribution in [3.05, 3.63) is 273 Å². The van der Waals surface area contributed by atoms with Crippen molar-refractivity contribution in [3.63, 3.8) is 0 Å². The molecule has 0 aliphatic rings. The van der Waals surface area contributed by atoms with Gasteiger partial charge in [-0.15, -0.1) is 0 Å². The van der Waals surface area contributed by atoms with Crippen LogP contribution in [0, 0.1) is 0 Å². The van der Waals surface area contributed by atoms with Crippen LogP contribution in [-0.4, -0.2) is 0 Å². The second-order valence-corrected chi connectivity index (χ2v) is 17.9. The summed E-state index contributed by atoms with van der Waals surface area (Å²) in [4.78, 5) is 2.42. The van der Waals surface area contributed by atoms with E-state index < -0.39 is 0 Å². The topological polar surface area (TPSA) is 3.24 Å². The van der Waals surface area contributed by atoms with Gasteiger partial charge in [0, 0.05) is 16.8 Å². The van der Waals surface area contributed by atoms with E-state index in [4.69, 9.17) is 0 Å². The van der Waals surface area contributed by atoms with Gasteiger partial charge in [0.25, 0.3) is 0 Å². The summed E-state index contributed by atoms with van der Waals surface area (Å²) in [6.45, 7) is 0. The van der Waals surface area contributed by atoms with E-state index in [1.165, 1.54) is 104 Å².